The molecular formula is C26H29FN4O2. The molecule has 1 aliphatic rings. The van der Waals surface area contributed by atoms with Gasteiger partial charge in [0.2, 0.25) is 5.91 Å². The van der Waals surface area contributed by atoms with E-state index in [-0.39, 0.29) is 23.8 Å². The van der Waals surface area contributed by atoms with Crippen LogP contribution in [0, 0.1) is 5.82 Å². The van der Waals surface area contributed by atoms with Crippen molar-refractivity contribution in [2.24, 2.45) is 0 Å². The maximum atomic E-state index is 13.6. The molecule has 1 amide bonds. The largest absolute Gasteiger partial charge is 0.342 e. The Morgan fingerprint density at radius 1 is 1.06 bits per heavy atom. The zero-order chi connectivity index (χ0) is 23.4. The number of nitrogens with zero attached hydrogens (tertiary/aromatic N) is 4. The van der Waals surface area contributed by atoms with Crippen LogP contribution in [0.1, 0.15) is 30.7 Å². The van der Waals surface area contributed by atoms with Crippen molar-refractivity contribution in [3.63, 3.8) is 0 Å². The van der Waals surface area contributed by atoms with Crippen LogP contribution in [0.2, 0.25) is 0 Å². The van der Waals surface area contributed by atoms with Crippen molar-refractivity contribution in [3.8, 4) is 11.4 Å². The molecule has 3 aromatic rings. The van der Waals surface area contributed by atoms with E-state index in [1.807, 2.05) is 32.0 Å². The summed E-state index contributed by atoms with van der Waals surface area (Å²) in [6, 6.07) is 16.1. The summed E-state index contributed by atoms with van der Waals surface area (Å²) in [7, 11) is 0. The predicted octanol–water partition coefficient (Wildman–Crippen LogP) is 3.48. The molecule has 0 unspecified atom stereocenters. The summed E-state index contributed by atoms with van der Waals surface area (Å²) >= 11 is 0. The number of halogens is 1. The fourth-order valence-corrected chi connectivity index (χ4v) is 4.34. The smallest absolute Gasteiger partial charge is 0.257 e. The lowest BCUT2D eigenvalue weighted by Gasteiger charge is -2.29. The lowest BCUT2D eigenvalue weighted by molar-refractivity contribution is -0.131. The normalized spacial score (nSPS) is 13.5. The topological polar surface area (TPSA) is 58.4 Å². The standard InChI is InChI=1S/C26H29FN4O2/c1-3-30(4-2)24(32)18-31-25(20-10-12-21(27)13-11-20)28-23-17-29(15-14-22(23)26(31)33)16-19-8-6-5-7-9-19/h5-13H,3-4,14-18H2,1-2H3. The highest BCUT2D eigenvalue weighted by atomic mass is 19.1. The van der Waals surface area contributed by atoms with Gasteiger partial charge in [0.05, 0.1) is 5.69 Å². The monoisotopic (exact) mass is 448 g/mol. The quantitative estimate of drug-likeness (QED) is 0.555. The van der Waals surface area contributed by atoms with Gasteiger partial charge < -0.3 is 4.90 Å². The van der Waals surface area contributed by atoms with Crippen molar-refractivity contribution < 1.29 is 9.18 Å². The average Bonchev–Trinajstić information content (AvgIpc) is 2.83. The van der Waals surface area contributed by atoms with E-state index in [2.05, 4.69) is 17.0 Å². The number of aromatic nitrogens is 2. The van der Waals surface area contributed by atoms with Gasteiger partial charge in [-0.2, -0.15) is 0 Å². The molecule has 0 bridgehead atoms. The van der Waals surface area contributed by atoms with Crippen molar-refractivity contribution in [1.29, 1.82) is 0 Å². The van der Waals surface area contributed by atoms with Crippen LogP contribution in [0.25, 0.3) is 11.4 Å². The van der Waals surface area contributed by atoms with Crippen LogP contribution in [0.4, 0.5) is 4.39 Å². The van der Waals surface area contributed by atoms with E-state index in [4.69, 9.17) is 4.98 Å². The Kier molecular flexibility index (Phi) is 6.99. The van der Waals surface area contributed by atoms with Gasteiger partial charge in [0.15, 0.2) is 0 Å². The lowest BCUT2D eigenvalue weighted by atomic mass is 10.0. The SMILES string of the molecule is CCN(CC)C(=O)Cn1c(-c2ccc(F)cc2)nc2c(c1=O)CCN(Cc1ccccc1)C2. The summed E-state index contributed by atoms with van der Waals surface area (Å²) in [6.07, 6.45) is 0.581. The van der Waals surface area contributed by atoms with Crippen LogP contribution in [-0.2, 0) is 30.8 Å². The minimum absolute atomic E-state index is 0.0821. The fraction of sp³-hybridized carbons (Fsp3) is 0.346. The second kappa shape index (κ2) is 10.1. The molecule has 0 saturated heterocycles. The molecule has 33 heavy (non-hydrogen) atoms. The molecule has 2 heterocycles. The Labute approximate surface area is 193 Å². The van der Waals surface area contributed by atoms with Gasteiger partial charge in [0.1, 0.15) is 18.2 Å². The highest BCUT2D eigenvalue weighted by Gasteiger charge is 2.25. The van der Waals surface area contributed by atoms with E-state index in [0.717, 1.165) is 18.8 Å². The lowest BCUT2D eigenvalue weighted by Crippen LogP contribution is -2.41. The highest BCUT2D eigenvalue weighted by Crippen LogP contribution is 2.22. The Morgan fingerprint density at radius 2 is 1.76 bits per heavy atom. The van der Waals surface area contributed by atoms with Crippen LogP contribution in [0.3, 0.4) is 0 Å². The molecule has 2 aromatic carbocycles. The number of amides is 1. The number of benzene rings is 2. The van der Waals surface area contributed by atoms with Crippen molar-refractivity contribution in [2.45, 2.75) is 39.9 Å². The fourth-order valence-electron chi connectivity index (χ4n) is 4.34. The molecule has 0 N–H and O–H groups in total. The van der Waals surface area contributed by atoms with E-state index in [0.29, 0.717) is 43.0 Å². The molecule has 0 saturated carbocycles. The average molecular weight is 449 g/mol. The van der Waals surface area contributed by atoms with E-state index < -0.39 is 0 Å². The first-order valence-corrected chi connectivity index (χ1v) is 11.4. The maximum Gasteiger partial charge on any atom is 0.257 e. The Hall–Kier alpha value is -3.32. The summed E-state index contributed by atoms with van der Waals surface area (Å²) < 4.78 is 15.0. The second-order valence-electron chi connectivity index (χ2n) is 8.27. The number of hydrogen-bond donors (Lipinski definition) is 0. The minimum atomic E-state index is -0.362. The first-order valence-electron chi connectivity index (χ1n) is 11.4. The molecule has 1 aliphatic heterocycles. The predicted molar refractivity (Wildman–Crippen MR) is 126 cm³/mol. The number of rotatable bonds is 7. The van der Waals surface area contributed by atoms with Crippen LogP contribution >= 0.6 is 0 Å². The molecule has 7 heteroatoms. The van der Waals surface area contributed by atoms with E-state index in [1.165, 1.54) is 22.3 Å². The van der Waals surface area contributed by atoms with Crippen molar-refractivity contribution >= 4 is 5.91 Å². The third-order valence-electron chi connectivity index (χ3n) is 6.16. The van der Waals surface area contributed by atoms with Gasteiger partial charge >= 0.3 is 0 Å². The van der Waals surface area contributed by atoms with Gasteiger partial charge in [-0.3, -0.25) is 19.1 Å². The summed E-state index contributed by atoms with van der Waals surface area (Å²) in [5.41, 5.74) is 3.03. The van der Waals surface area contributed by atoms with Gasteiger partial charge in [0.25, 0.3) is 5.56 Å². The number of likely N-dealkylation sites (N-methyl/N-ethyl adjacent to an activating group) is 1. The van der Waals surface area contributed by atoms with Gasteiger partial charge in [-0.05, 0) is 50.1 Å². The highest BCUT2D eigenvalue weighted by molar-refractivity contribution is 5.76. The van der Waals surface area contributed by atoms with Crippen LogP contribution < -0.4 is 5.56 Å². The van der Waals surface area contributed by atoms with Gasteiger partial charge in [-0.25, -0.2) is 9.37 Å². The second-order valence-corrected chi connectivity index (χ2v) is 8.27. The Morgan fingerprint density at radius 3 is 2.42 bits per heavy atom. The van der Waals surface area contributed by atoms with Crippen molar-refractivity contribution in [2.75, 3.05) is 19.6 Å². The first-order chi connectivity index (χ1) is 16.0. The zero-order valence-electron chi connectivity index (χ0n) is 19.1. The molecule has 172 valence electrons. The minimum Gasteiger partial charge on any atom is -0.342 e. The van der Waals surface area contributed by atoms with Gasteiger partial charge in [0, 0.05) is 43.9 Å². The molecule has 0 fully saturated rings. The third kappa shape index (κ3) is 5.03. The zero-order valence-corrected chi connectivity index (χ0v) is 19.1. The van der Waals surface area contributed by atoms with Crippen LogP contribution in [0.5, 0.6) is 0 Å². The van der Waals surface area contributed by atoms with E-state index in [1.54, 1.807) is 17.0 Å². The molecule has 0 spiro atoms. The maximum absolute atomic E-state index is 13.6. The number of hydrogen-bond acceptors (Lipinski definition) is 4. The molecule has 4 rings (SSSR count). The summed E-state index contributed by atoms with van der Waals surface area (Å²) in [5.74, 6) is -0.0894. The van der Waals surface area contributed by atoms with E-state index >= 15 is 0 Å². The van der Waals surface area contributed by atoms with Crippen LogP contribution in [0.15, 0.2) is 59.4 Å². The molecule has 6 nitrogen and oxygen atoms in total. The molecular weight excluding hydrogens is 419 g/mol. The number of carbonyl (C=O) groups is 1. The molecule has 0 radical (unpaired) electrons. The number of fused-ring (bicyclic) bond motifs is 1. The van der Waals surface area contributed by atoms with Crippen molar-refractivity contribution in [1.82, 2.24) is 19.4 Å². The van der Waals surface area contributed by atoms with Crippen LogP contribution in [-0.4, -0.2) is 44.9 Å². The summed E-state index contributed by atoms with van der Waals surface area (Å²) in [6.45, 7) is 6.97. The molecule has 1 aromatic heterocycles. The summed E-state index contributed by atoms with van der Waals surface area (Å²) in [4.78, 5) is 35.2. The van der Waals surface area contributed by atoms with Gasteiger partial charge in [-0.1, -0.05) is 30.3 Å². The molecule has 0 atom stereocenters. The third-order valence-corrected chi connectivity index (χ3v) is 6.16. The molecule has 0 aliphatic carbocycles. The van der Waals surface area contributed by atoms with E-state index in [9.17, 15) is 14.0 Å². The summed E-state index contributed by atoms with van der Waals surface area (Å²) in [5, 5.41) is 0. The first kappa shape index (κ1) is 22.9. The van der Waals surface area contributed by atoms with Gasteiger partial charge in [-0.15, -0.1) is 0 Å². The Balaban J connectivity index is 1.72. The Bertz CT molecular complexity index is 1170. The van der Waals surface area contributed by atoms with Crippen molar-refractivity contribution in [3.05, 3.63) is 87.6 Å². The number of carbonyl (C=O) groups excluding carboxylic acids is 1.